The lowest BCUT2D eigenvalue weighted by Crippen LogP contribution is -2.47. The van der Waals surface area contributed by atoms with Gasteiger partial charge in [-0.05, 0) is 31.0 Å². The van der Waals surface area contributed by atoms with E-state index in [4.69, 9.17) is 4.74 Å². The second-order valence-corrected chi connectivity index (χ2v) is 12.9. The summed E-state index contributed by atoms with van der Waals surface area (Å²) < 4.78 is 46.3. The smallest absolute Gasteiger partial charge is 0.406 e. The van der Waals surface area contributed by atoms with Crippen molar-refractivity contribution in [3.8, 4) is 28.0 Å². The molecule has 51 heavy (non-hydrogen) atoms. The largest absolute Gasteiger partial charge is 0.495 e. The Morgan fingerprint density at radius 1 is 1.00 bits per heavy atom. The Labute approximate surface area is 291 Å². The third kappa shape index (κ3) is 7.20. The van der Waals surface area contributed by atoms with Crippen molar-refractivity contribution in [1.29, 1.82) is 0 Å². The molecular formula is C36H36F3N9O3. The fourth-order valence-electron chi connectivity index (χ4n) is 6.36. The van der Waals surface area contributed by atoms with E-state index in [2.05, 4.69) is 35.6 Å². The summed E-state index contributed by atoms with van der Waals surface area (Å²) in [6, 6.07) is 12.7. The van der Waals surface area contributed by atoms with Crippen LogP contribution in [0.3, 0.4) is 0 Å². The second-order valence-electron chi connectivity index (χ2n) is 12.9. The summed E-state index contributed by atoms with van der Waals surface area (Å²) in [4.78, 5) is 41.2. The zero-order chi connectivity index (χ0) is 35.9. The van der Waals surface area contributed by atoms with Crippen molar-refractivity contribution in [3.63, 3.8) is 0 Å². The number of fused-ring (bicyclic) bond motifs is 1. The summed E-state index contributed by atoms with van der Waals surface area (Å²) >= 11 is 0. The van der Waals surface area contributed by atoms with E-state index < -0.39 is 18.6 Å². The highest BCUT2D eigenvalue weighted by Gasteiger charge is 2.33. The predicted octanol–water partition coefficient (Wildman–Crippen LogP) is 5.65. The Hall–Kier alpha value is -5.57. The van der Waals surface area contributed by atoms with E-state index in [1.165, 1.54) is 6.07 Å². The van der Waals surface area contributed by atoms with E-state index in [-0.39, 0.29) is 23.6 Å². The first-order valence-electron chi connectivity index (χ1n) is 16.5. The quantitative estimate of drug-likeness (QED) is 0.180. The molecule has 2 amide bonds. The van der Waals surface area contributed by atoms with Gasteiger partial charge in [0.25, 0.3) is 5.91 Å². The molecule has 15 heteroatoms. The molecule has 5 aromatic rings. The minimum atomic E-state index is -4.49. The predicted molar refractivity (Wildman–Crippen MR) is 185 cm³/mol. The van der Waals surface area contributed by atoms with Crippen LogP contribution in [0.5, 0.6) is 5.75 Å². The van der Waals surface area contributed by atoms with Gasteiger partial charge in [-0.3, -0.25) is 19.2 Å². The summed E-state index contributed by atoms with van der Waals surface area (Å²) in [6.45, 7) is 0.455. The Bertz CT molecular complexity index is 2110. The van der Waals surface area contributed by atoms with Crippen LogP contribution in [0.25, 0.3) is 33.0 Å². The molecule has 0 bridgehead atoms. The molecule has 1 aromatic carbocycles. The number of anilines is 2. The van der Waals surface area contributed by atoms with Crippen molar-refractivity contribution in [1.82, 2.24) is 34.5 Å². The number of nitrogens with one attached hydrogen (secondary N) is 2. The monoisotopic (exact) mass is 699 g/mol. The molecule has 12 nitrogen and oxygen atoms in total. The highest BCUT2D eigenvalue weighted by atomic mass is 19.4. The summed E-state index contributed by atoms with van der Waals surface area (Å²) in [5, 5.41) is 12.4. The first-order chi connectivity index (χ1) is 24.5. The molecule has 0 unspecified atom stereocenters. The van der Waals surface area contributed by atoms with Gasteiger partial charge in [-0.2, -0.15) is 18.3 Å². The topological polar surface area (TPSA) is 130 Å². The van der Waals surface area contributed by atoms with Crippen LogP contribution >= 0.6 is 0 Å². The number of ether oxygens (including phenoxy) is 1. The van der Waals surface area contributed by atoms with Crippen LogP contribution < -0.4 is 15.4 Å². The molecule has 1 saturated carbocycles. The molecule has 264 valence electrons. The van der Waals surface area contributed by atoms with Gasteiger partial charge in [0.1, 0.15) is 29.6 Å². The van der Waals surface area contributed by atoms with Crippen molar-refractivity contribution in [2.75, 3.05) is 51.5 Å². The zero-order valence-electron chi connectivity index (χ0n) is 28.2. The molecule has 2 N–H and O–H groups in total. The van der Waals surface area contributed by atoms with E-state index in [9.17, 15) is 22.8 Å². The lowest BCUT2D eigenvalue weighted by Gasteiger charge is -2.39. The number of benzene rings is 1. The second kappa shape index (κ2) is 13.6. The van der Waals surface area contributed by atoms with Crippen LogP contribution in [0.2, 0.25) is 0 Å². The number of halogens is 3. The summed E-state index contributed by atoms with van der Waals surface area (Å²) in [6.07, 6.45) is 4.58. The fourth-order valence-corrected chi connectivity index (χ4v) is 6.36. The molecule has 1 saturated heterocycles. The normalized spacial score (nSPS) is 15.0. The average Bonchev–Trinajstić information content (AvgIpc) is 3.85. The van der Waals surface area contributed by atoms with Crippen LogP contribution in [0.4, 0.5) is 24.8 Å². The van der Waals surface area contributed by atoms with Gasteiger partial charge in [0.15, 0.2) is 0 Å². The minimum absolute atomic E-state index is 0.0221. The maximum Gasteiger partial charge on any atom is 0.406 e. The van der Waals surface area contributed by atoms with E-state index >= 15 is 0 Å². The first-order valence-corrected chi connectivity index (χ1v) is 16.5. The Kier molecular flexibility index (Phi) is 9.06. The number of carbonyl (C=O) groups is 2. The number of carbonyl (C=O) groups excluding carboxylic acids is 2. The lowest BCUT2D eigenvalue weighted by molar-refractivity contribution is -0.138. The van der Waals surface area contributed by atoms with Gasteiger partial charge in [0.2, 0.25) is 5.91 Å². The minimum Gasteiger partial charge on any atom is -0.495 e. The number of amides is 2. The molecule has 1 aliphatic carbocycles. The van der Waals surface area contributed by atoms with E-state index in [0.29, 0.717) is 47.6 Å². The number of likely N-dealkylation sites (tertiary alicyclic amines) is 1. The van der Waals surface area contributed by atoms with Crippen molar-refractivity contribution in [2.45, 2.75) is 31.6 Å². The Morgan fingerprint density at radius 2 is 1.76 bits per heavy atom. The van der Waals surface area contributed by atoms with Crippen LogP contribution in [-0.2, 0) is 11.3 Å². The molecule has 2 aliphatic rings. The van der Waals surface area contributed by atoms with Gasteiger partial charge in [0.05, 0.1) is 25.0 Å². The number of aromatic nitrogens is 5. The van der Waals surface area contributed by atoms with Gasteiger partial charge in [0, 0.05) is 91.3 Å². The summed E-state index contributed by atoms with van der Waals surface area (Å²) in [7, 11) is 4.54. The van der Waals surface area contributed by atoms with Gasteiger partial charge in [-0.25, -0.2) is 15.0 Å². The third-order valence-electron chi connectivity index (χ3n) is 9.12. The number of alkyl halides is 3. The Balaban J connectivity index is 1.08. The van der Waals surface area contributed by atoms with Gasteiger partial charge < -0.3 is 20.3 Å². The van der Waals surface area contributed by atoms with Crippen molar-refractivity contribution in [3.05, 3.63) is 78.6 Å². The van der Waals surface area contributed by atoms with Crippen LogP contribution in [0.1, 0.15) is 35.1 Å². The summed E-state index contributed by atoms with van der Waals surface area (Å²) in [5.41, 5.74) is 3.93. The van der Waals surface area contributed by atoms with E-state index in [1.54, 1.807) is 44.9 Å². The van der Waals surface area contributed by atoms with E-state index in [0.717, 1.165) is 52.9 Å². The number of nitrogens with zero attached hydrogens (tertiary/aromatic N) is 7. The Morgan fingerprint density at radius 3 is 2.49 bits per heavy atom. The molecule has 0 radical (unpaired) electrons. The van der Waals surface area contributed by atoms with E-state index in [1.807, 2.05) is 35.1 Å². The molecule has 0 atom stereocenters. The van der Waals surface area contributed by atoms with Crippen molar-refractivity contribution >= 4 is 34.2 Å². The molecule has 7 rings (SSSR count). The highest BCUT2D eigenvalue weighted by Crippen LogP contribution is 2.42. The fraction of sp³-hybridized carbons (Fsp3) is 0.333. The molecule has 0 spiro atoms. The van der Waals surface area contributed by atoms with Gasteiger partial charge in [-0.1, -0.05) is 24.3 Å². The molecule has 1 aliphatic heterocycles. The van der Waals surface area contributed by atoms with Crippen LogP contribution in [-0.4, -0.2) is 93.4 Å². The number of hydrogen-bond acceptors (Lipinski definition) is 9. The van der Waals surface area contributed by atoms with Crippen LogP contribution in [0, 0.1) is 5.92 Å². The van der Waals surface area contributed by atoms with Crippen LogP contribution in [0.15, 0.2) is 67.3 Å². The number of pyridine rings is 3. The van der Waals surface area contributed by atoms with Gasteiger partial charge in [-0.15, -0.1) is 0 Å². The highest BCUT2D eigenvalue weighted by molar-refractivity contribution is 6.05. The van der Waals surface area contributed by atoms with Gasteiger partial charge >= 0.3 is 6.18 Å². The average molecular weight is 700 g/mol. The lowest BCUT2D eigenvalue weighted by atomic mass is 9.96. The standard InChI is InChI=1S/C36H36F3N9O3/c1-40-33-29-15-41-31(45-34(49)21-10-11-21)12-27(29)28(14-42-33)26-8-5-7-25(32(26)51-3)22-13-43-48(16-22)24-18-47(19-24)17-23-6-4-9-30(44-23)35(50)46(2)20-36(37,38)39/h4-9,12-16,21,24H,10-11,17-20H2,1-3H3,(H,40,42)(H,41,45,49). The number of rotatable bonds is 11. The first kappa shape index (κ1) is 33.9. The SMILES string of the molecule is CNc1ncc(-c2cccc(-c3cnn(C4CN(Cc5cccc(C(=O)N(C)CC(F)(F)F)n5)C4)c3)c2OC)c2cc(NC(=O)C3CC3)ncc12. The van der Waals surface area contributed by atoms with Crippen molar-refractivity contribution < 1.29 is 27.5 Å². The molecule has 4 aromatic heterocycles. The maximum absolute atomic E-state index is 12.8. The maximum atomic E-state index is 12.8. The zero-order valence-corrected chi connectivity index (χ0v) is 28.2. The number of hydrogen-bond donors (Lipinski definition) is 2. The van der Waals surface area contributed by atoms with Crippen molar-refractivity contribution in [2.24, 2.45) is 5.92 Å². The third-order valence-corrected chi connectivity index (χ3v) is 9.12. The number of methoxy groups -OCH3 is 1. The molecule has 2 fully saturated rings. The summed E-state index contributed by atoms with van der Waals surface area (Å²) in [5.74, 6) is 1.03. The number of para-hydroxylation sites is 1. The molecular weight excluding hydrogens is 663 g/mol. The molecule has 5 heterocycles.